The van der Waals surface area contributed by atoms with Gasteiger partial charge in [-0.15, -0.1) is 0 Å². The number of rotatable bonds is 1. The Morgan fingerprint density at radius 3 is 2.42 bits per heavy atom. The van der Waals surface area contributed by atoms with E-state index < -0.39 is 5.79 Å². The largest absolute Gasteiger partial charge is 0.398 e. The number of hydrogen-bond acceptors (Lipinski definition) is 2. The lowest BCUT2D eigenvalue weighted by molar-refractivity contribution is 0.204. The Kier molecular flexibility index (Phi) is 2.06. The summed E-state index contributed by atoms with van der Waals surface area (Å²) in [6.45, 7) is 3.18. The summed E-state index contributed by atoms with van der Waals surface area (Å²) in [6, 6.07) is 5.11. The van der Waals surface area contributed by atoms with E-state index >= 15 is 0 Å². The number of anilines is 1. The molecular formula is C9H13FN2. The van der Waals surface area contributed by atoms with Crippen molar-refractivity contribution in [3.63, 3.8) is 0 Å². The molecular weight excluding hydrogens is 155 g/mol. The van der Waals surface area contributed by atoms with Gasteiger partial charge in [0.05, 0.1) is 0 Å². The fourth-order valence-electron chi connectivity index (χ4n) is 1.13. The first-order chi connectivity index (χ1) is 5.41. The molecule has 0 saturated carbocycles. The normalized spacial score (nSPS) is 15.7. The molecule has 4 N–H and O–H groups in total. The third-order valence-electron chi connectivity index (χ3n) is 1.73. The van der Waals surface area contributed by atoms with E-state index in [2.05, 4.69) is 0 Å². The van der Waals surface area contributed by atoms with Crippen molar-refractivity contribution in [1.29, 1.82) is 0 Å². The van der Waals surface area contributed by atoms with Gasteiger partial charge in [0.2, 0.25) is 0 Å². The quantitative estimate of drug-likeness (QED) is 0.495. The lowest BCUT2D eigenvalue weighted by Gasteiger charge is -2.17. The summed E-state index contributed by atoms with van der Waals surface area (Å²) in [5.74, 6) is -1.85. The summed E-state index contributed by atoms with van der Waals surface area (Å²) in [5.41, 5.74) is 12.6. The van der Waals surface area contributed by atoms with E-state index in [1.807, 2.05) is 6.92 Å². The maximum absolute atomic E-state index is 13.2. The van der Waals surface area contributed by atoms with Crippen LogP contribution in [0.5, 0.6) is 0 Å². The lowest BCUT2D eigenvalue weighted by Crippen LogP contribution is -2.28. The number of benzene rings is 1. The van der Waals surface area contributed by atoms with E-state index in [-0.39, 0.29) is 0 Å². The maximum atomic E-state index is 13.2. The smallest absolute Gasteiger partial charge is 0.184 e. The summed E-state index contributed by atoms with van der Waals surface area (Å²) in [4.78, 5) is 0. The van der Waals surface area contributed by atoms with E-state index in [0.29, 0.717) is 11.3 Å². The second-order valence-corrected chi connectivity index (χ2v) is 3.17. The van der Waals surface area contributed by atoms with Gasteiger partial charge in [-0.3, -0.25) is 5.73 Å². The topological polar surface area (TPSA) is 52.0 Å². The maximum Gasteiger partial charge on any atom is 0.184 e. The molecule has 1 aromatic carbocycles. The van der Waals surface area contributed by atoms with Gasteiger partial charge in [0.25, 0.3) is 0 Å². The van der Waals surface area contributed by atoms with Gasteiger partial charge >= 0.3 is 0 Å². The minimum atomic E-state index is -1.85. The summed E-state index contributed by atoms with van der Waals surface area (Å²) in [6.07, 6.45) is 0. The number of nitrogen functional groups attached to an aromatic ring is 1. The van der Waals surface area contributed by atoms with Crippen LogP contribution in [0.2, 0.25) is 0 Å². The van der Waals surface area contributed by atoms with Gasteiger partial charge in [0.1, 0.15) is 0 Å². The Labute approximate surface area is 71.4 Å². The van der Waals surface area contributed by atoms with Crippen LogP contribution in [0, 0.1) is 6.92 Å². The zero-order valence-electron chi connectivity index (χ0n) is 7.26. The number of nitrogens with two attached hydrogens (primary N) is 2. The first-order valence-corrected chi connectivity index (χ1v) is 3.75. The van der Waals surface area contributed by atoms with E-state index in [9.17, 15) is 4.39 Å². The summed E-state index contributed by atoms with van der Waals surface area (Å²) >= 11 is 0. The van der Waals surface area contributed by atoms with Crippen LogP contribution >= 0.6 is 0 Å². The first kappa shape index (κ1) is 9.00. The molecule has 0 heterocycles. The number of alkyl halides is 1. The third kappa shape index (κ3) is 1.74. The van der Waals surface area contributed by atoms with Gasteiger partial charge < -0.3 is 5.73 Å². The third-order valence-corrected chi connectivity index (χ3v) is 1.73. The van der Waals surface area contributed by atoms with Gasteiger partial charge in [-0.2, -0.15) is 0 Å². The van der Waals surface area contributed by atoms with Crippen LogP contribution in [0.1, 0.15) is 18.1 Å². The van der Waals surface area contributed by atoms with Gasteiger partial charge in [0, 0.05) is 11.3 Å². The monoisotopic (exact) mass is 168 g/mol. The molecule has 0 spiro atoms. The Balaban J connectivity index is 3.19. The highest BCUT2D eigenvalue weighted by Gasteiger charge is 2.21. The van der Waals surface area contributed by atoms with Gasteiger partial charge in [0.15, 0.2) is 5.79 Å². The van der Waals surface area contributed by atoms with Crippen molar-refractivity contribution >= 4 is 5.69 Å². The predicted molar refractivity (Wildman–Crippen MR) is 48.2 cm³/mol. The first-order valence-electron chi connectivity index (χ1n) is 3.75. The lowest BCUT2D eigenvalue weighted by atomic mass is 10.0. The van der Waals surface area contributed by atoms with Gasteiger partial charge in [-0.1, -0.05) is 12.1 Å². The molecule has 66 valence electrons. The summed E-state index contributed by atoms with van der Waals surface area (Å²) in [5, 5.41) is 0. The van der Waals surface area contributed by atoms with Crippen LogP contribution < -0.4 is 11.5 Å². The molecule has 0 bridgehead atoms. The minimum Gasteiger partial charge on any atom is -0.398 e. The zero-order chi connectivity index (χ0) is 9.35. The highest BCUT2D eigenvalue weighted by atomic mass is 19.1. The molecule has 1 unspecified atom stereocenters. The number of hydrogen-bond donors (Lipinski definition) is 2. The fourth-order valence-corrected chi connectivity index (χ4v) is 1.13. The van der Waals surface area contributed by atoms with Crippen molar-refractivity contribution in [3.05, 3.63) is 29.3 Å². The van der Waals surface area contributed by atoms with Gasteiger partial charge in [-0.05, 0) is 25.5 Å². The average Bonchev–Trinajstić information content (AvgIpc) is 1.83. The summed E-state index contributed by atoms with van der Waals surface area (Å²) in [7, 11) is 0. The van der Waals surface area contributed by atoms with Crippen molar-refractivity contribution in [2.24, 2.45) is 5.73 Å². The van der Waals surface area contributed by atoms with Crippen LogP contribution in [-0.4, -0.2) is 0 Å². The molecule has 2 nitrogen and oxygen atoms in total. The molecule has 0 aliphatic heterocycles. The molecule has 0 amide bonds. The van der Waals surface area contributed by atoms with Crippen molar-refractivity contribution in [2.45, 2.75) is 19.6 Å². The molecule has 12 heavy (non-hydrogen) atoms. The highest BCUT2D eigenvalue weighted by molar-refractivity contribution is 5.51. The molecule has 0 fully saturated rings. The highest BCUT2D eigenvalue weighted by Crippen LogP contribution is 2.25. The van der Waals surface area contributed by atoms with E-state index in [4.69, 9.17) is 11.5 Å². The molecule has 0 aliphatic carbocycles. The minimum absolute atomic E-state index is 0.341. The van der Waals surface area contributed by atoms with Crippen LogP contribution in [-0.2, 0) is 5.79 Å². The molecule has 0 aromatic heterocycles. The SMILES string of the molecule is Cc1ccc(C(C)(N)F)c(N)c1. The van der Waals surface area contributed by atoms with E-state index in [0.717, 1.165) is 5.56 Å². The Hall–Kier alpha value is -1.09. The number of aryl methyl sites for hydroxylation is 1. The standard InChI is InChI=1S/C9H13FN2/c1-6-3-4-7(8(11)5-6)9(2,10)12/h3-5H,11-12H2,1-2H3. The van der Waals surface area contributed by atoms with Crippen molar-refractivity contribution in [1.82, 2.24) is 0 Å². The Bertz CT molecular complexity index is 289. The van der Waals surface area contributed by atoms with Crippen molar-refractivity contribution in [3.8, 4) is 0 Å². The second kappa shape index (κ2) is 2.75. The Morgan fingerprint density at radius 2 is 2.00 bits per heavy atom. The van der Waals surface area contributed by atoms with E-state index in [1.54, 1.807) is 18.2 Å². The van der Waals surface area contributed by atoms with Crippen LogP contribution in [0.25, 0.3) is 0 Å². The van der Waals surface area contributed by atoms with E-state index in [1.165, 1.54) is 6.92 Å². The molecule has 1 aromatic rings. The van der Waals surface area contributed by atoms with Gasteiger partial charge in [-0.25, -0.2) is 4.39 Å². The van der Waals surface area contributed by atoms with Crippen LogP contribution in [0.4, 0.5) is 10.1 Å². The van der Waals surface area contributed by atoms with Crippen molar-refractivity contribution in [2.75, 3.05) is 5.73 Å². The zero-order valence-corrected chi connectivity index (χ0v) is 7.26. The molecule has 1 rings (SSSR count). The summed E-state index contributed by atoms with van der Waals surface area (Å²) < 4.78 is 13.2. The predicted octanol–water partition coefficient (Wildman–Crippen LogP) is 1.68. The number of halogens is 1. The molecule has 0 aliphatic rings. The molecule has 0 radical (unpaired) electrons. The molecule has 1 atom stereocenters. The molecule has 3 heteroatoms. The van der Waals surface area contributed by atoms with Crippen molar-refractivity contribution < 1.29 is 4.39 Å². The Morgan fingerprint density at radius 1 is 1.42 bits per heavy atom. The van der Waals surface area contributed by atoms with Crippen LogP contribution in [0.3, 0.4) is 0 Å². The average molecular weight is 168 g/mol. The van der Waals surface area contributed by atoms with Crippen LogP contribution in [0.15, 0.2) is 18.2 Å². The fraction of sp³-hybridized carbons (Fsp3) is 0.333. The molecule has 0 saturated heterocycles. The second-order valence-electron chi connectivity index (χ2n) is 3.17.